The van der Waals surface area contributed by atoms with Crippen LogP contribution < -0.4 is 11.1 Å². The molecule has 0 saturated carbocycles. The van der Waals surface area contributed by atoms with E-state index in [2.05, 4.69) is 16.4 Å². The summed E-state index contributed by atoms with van der Waals surface area (Å²) in [5, 5.41) is 30.8. The quantitative estimate of drug-likeness (QED) is 0.437. The number of aromatic carboxylic acids is 1. The zero-order valence-corrected chi connectivity index (χ0v) is 18.7. The molecule has 0 aliphatic rings. The maximum absolute atomic E-state index is 12.7. The van der Waals surface area contributed by atoms with Gasteiger partial charge in [-0.2, -0.15) is 10.5 Å². The molecule has 164 valence electrons. The van der Waals surface area contributed by atoms with Gasteiger partial charge in [0.1, 0.15) is 28.5 Å². The predicted molar refractivity (Wildman–Crippen MR) is 126 cm³/mol. The third-order valence-electron chi connectivity index (χ3n) is 4.60. The minimum atomic E-state index is -1.22. The number of thioether (sulfide) groups is 1. The van der Waals surface area contributed by atoms with Crippen LogP contribution in [0.4, 0.5) is 11.5 Å². The molecule has 0 fully saturated rings. The Bertz CT molecular complexity index is 1330. The first-order valence-corrected chi connectivity index (χ1v) is 10.7. The Morgan fingerprint density at radius 3 is 2.42 bits per heavy atom. The van der Waals surface area contributed by atoms with E-state index in [0.717, 1.165) is 11.8 Å². The Morgan fingerprint density at radius 1 is 1.15 bits per heavy atom. The molecule has 1 heterocycles. The number of aromatic nitrogens is 1. The molecular weight excluding hydrogens is 462 g/mol. The van der Waals surface area contributed by atoms with Crippen LogP contribution in [0.3, 0.4) is 0 Å². The van der Waals surface area contributed by atoms with E-state index >= 15 is 0 Å². The molecule has 1 amide bonds. The first-order valence-electron chi connectivity index (χ1n) is 9.46. The Hall–Kier alpha value is -4.05. The fraction of sp³-hybridized carbons (Fsp3) is 0.0870. The number of rotatable bonds is 6. The number of carboxylic acids is 1. The lowest BCUT2D eigenvalue weighted by Gasteiger charge is -2.16. The molecule has 1 aromatic heterocycles. The monoisotopic (exact) mass is 477 g/mol. The maximum Gasteiger partial charge on any atom is 0.337 e. The molecule has 33 heavy (non-hydrogen) atoms. The van der Waals surface area contributed by atoms with Crippen molar-refractivity contribution in [3.05, 3.63) is 70.2 Å². The number of nitrogens with zero attached hydrogens (tertiary/aromatic N) is 3. The van der Waals surface area contributed by atoms with Crippen LogP contribution in [-0.2, 0) is 4.79 Å². The molecule has 8 nitrogen and oxygen atoms in total. The molecule has 3 aromatic rings. The molecule has 10 heteroatoms. The minimum absolute atomic E-state index is 0.0470. The highest BCUT2D eigenvalue weighted by Crippen LogP contribution is 2.37. The number of hydrogen-bond donors (Lipinski definition) is 3. The SMILES string of the molecule is CC(Sc1nc(N)c(C#N)c(-c2ccccc2)c1C#N)C(=O)Nc1ccc(Cl)c(C(=O)O)c1. The number of carbonyl (C=O) groups is 2. The molecule has 3 rings (SSSR count). The van der Waals surface area contributed by atoms with Crippen LogP contribution in [0.25, 0.3) is 11.1 Å². The van der Waals surface area contributed by atoms with Gasteiger partial charge >= 0.3 is 5.97 Å². The van der Waals surface area contributed by atoms with Crippen molar-refractivity contribution in [1.29, 1.82) is 10.5 Å². The van der Waals surface area contributed by atoms with Crippen molar-refractivity contribution in [3.63, 3.8) is 0 Å². The van der Waals surface area contributed by atoms with Crippen molar-refractivity contribution in [2.45, 2.75) is 17.2 Å². The Labute approximate surface area is 198 Å². The van der Waals surface area contributed by atoms with Crippen LogP contribution >= 0.6 is 23.4 Å². The van der Waals surface area contributed by atoms with E-state index in [1.165, 1.54) is 18.2 Å². The number of carboxylic acid groups (broad SMARTS) is 1. The van der Waals surface area contributed by atoms with Crippen LogP contribution in [0, 0.1) is 22.7 Å². The summed E-state index contributed by atoms with van der Waals surface area (Å²) in [6, 6.07) is 17.1. The summed E-state index contributed by atoms with van der Waals surface area (Å²) >= 11 is 6.87. The molecule has 1 atom stereocenters. The van der Waals surface area contributed by atoms with Crippen molar-refractivity contribution in [2.24, 2.45) is 0 Å². The van der Waals surface area contributed by atoms with E-state index in [4.69, 9.17) is 17.3 Å². The van der Waals surface area contributed by atoms with Gasteiger partial charge in [0.2, 0.25) is 5.91 Å². The number of nitrogens with one attached hydrogen (secondary N) is 1. The first kappa shape index (κ1) is 23.6. The number of nitriles is 2. The van der Waals surface area contributed by atoms with E-state index in [9.17, 15) is 25.2 Å². The molecule has 4 N–H and O–H groups in total. The number of nitrogen functional groups attached to an aromatic ring is 1. The molecular formula is C23H16ClN5O3S. The van der Waals surface area contributed by atoms with Gasteiger partial charge in [0.15, 0.2) is 0 Å². The number of halogens is 1. The van der Waals surface area contributed by atoms with Gasteiger partial charge in [0.25, 0.3) is 0 Å². The second-order valence-corrected chi connectivity index (χ2v) is 8.50. The van der Waals surface area contributed by atoms with Crippen molar-refractivity contribution < 1.29 is 14.7 Å². The largest absolute Gasteiger partial charge is 0.478 e. The summed E-state index contributed by atoms with van der Waals surface area (Å²) in [7, 11) is 0. The van der Waals surface area contributed by atoms with Crippen LogP contribution in [0.2, 0.25) is 5.02 Å². The summed E-state index contributed by atoms with van der Waals surface area (Å²) in [5.74, 6) is -1.72. The number of hydrogen-bond acceptors (Lipinski definition) is 7. The standard InChI is InChI=1S/C23H16ClN5O3S/c1-12(21(30)28-14-7-8-18(24)15(9-14)23(31)32)33-22-17(11-26)19(13-5-3-2-4-6-13)16(10-25)20(27)29-22/h2-9,12H,1H3,(H2,27,29)(H,28,30)(H,31,32). The Kier molecular flexibility index (Phi) is 7.19. The highest BCUT2D eigenvalue weighted by Gasteiger charge is 2.24. The van der Waals surface area contributed by atoms with E-state index in [1.54, 1.807) is 37.3 Å². The second-order valence-electron chi connectivity index (χ2n) is 6.77. The predicted octanol–water partition coefficient (Wildman–Crippen LogP) is 4.55. The maximum atomic E-state index is 12.7. The lowest BCUT2D eigenvalue weighted by atomic mass is 9.97. The highest BCUT2D eigenvalue weighted by molar-refractivity contribution is 8.00. The number of carbonyl (C=O) groups excluding carboxylic acids is 1. The average molecular weight is 478 g/mol. The topological polar surface area (TPSA) is 153 Å². The highest BCUT2D eigenvalue weighted by atomic mass is 35.5. The molecule has 2 aromatic carbocycles. The van der Waals surface area contributed by atoms with Crippen molar-refractivity contribution >= 4 is 46.7 Å². The number of nitrogens with two attached hydrogens (primary N) is 1. The fourth-order valence-corrected chi connectivity index (χ4v) is 4.12. The average Bonchev–Trinajstić information content (AvgIpc) is 2.80. The van der Waals surface area contributed by atoms with Crippen LogP contribution in [0.5, 0.6) is 0 Å². The molecule has 0 aliphatic carbocycles. The van der Waals surface area contributed by atoms with Gasteiger partial charge in [0, 0.05) is 11.3 Å². The third kappa shape index (κ3) is 5.07. The molecule has 0 saturated heterocycles. The van der Waals surface area contributed by atoms with Crippen LogP contribution in [-0.4, -0.2) is 27.2 Å². The summed E-state index contributed by atoms with van der Waals surface area (Å²) in [6.45, 7) is 1.60. The molecule has 0 spiro atoms. The number of benzene rings is 2. The van der Waals surface area contributed by atoms with E-state index in [0.29, 0.717) is 11.1 Å². The van der Waals surface area contributed by atoms with Gasteiger partial charge in [-0.15, -0.1) is 0 Å². The second kappa shape index (κ2) is 10.0. The summed E-state index contributed by atoms with van der Waals surface area (Å²) in [4.78, 5) is 28.2. The van der Waals surface area contributed by atoms with Crippen molar-refractivity contribution in [3.8, 4) is 23.3 Å². The lowest BCUT2D eigenvalue weighted by molar-refractivity contribution is -0.115. The molecule has 0 bridgehead atoms. The molecule has 1 unspecified atom stereocenters. The van der Waals surface area contributed by atoms with Gasteiger partial charge in [0.05, 0.1) is 21.4 Å². The number of pyridine rings is 1. The minimum Gasteiger partial charge on any atom is -0.478 e. The molecule has 0 aliphatic heterocycles. The van der Waals surface area contributed by atoms with Gasteiger partial charge in [-0.25, -0.2) is 9.78 Å². The van der Waals surface area contributed by atoms with Crippen LogP contribution in [0.1, 0.15) is 28.4 Å². The van der Waals surface area contributed by atoms with E-state index in [-0.39, 0.29) is 38.2 Å². The zero-order valence-electron chi connectivity index (χ0n) is 17.2. The summed E-state index contributed by atoms with van der Waals surface area (Å²) < 4.78 is 0. The first-order chi connectivity index (χ1) is 15.8. The van der Waals surface area contributed by atoms with Crippen molar-refractivity contribution in [1.82, 2.24) is 4.98 Å². The van der Waals surface area contributed by atoms with Gasteiger partial charge < -0.3 is 16.2 Å². The smallest absolute Gasteiger partial charge is 0.337 e. The van der Waals surface area contributed by atoms with E-state index in [1.807, 2.05) is 6.07 Å². The zero-order chi connectivity index (χ0) is 24.1. The number of anilines is 2. The van der Waals surface area contributed by atoms with Gasteiger partial charge in [-0.05, 0) is 30.7 Å². The third-order valence-corrected chi connectivity index (χ3v) is 6.02. The number of amides is 1. The summed E-state index contributed by atoms with van der Waals surface area (Å²) in [5.41, 5.74) is 7.32. The fourth-order valence-electron chi connectivity index (χ4n) is 3.01. The normalized spacial score (nSPS) is 11.2. The summed E-state index contributed by atoms with van der Waals surface area (Å²) in [6.07, 6.45) is 0. The van der Waals surface area contributed by atoms with Gasteiger partial charge in [-0.3, -0.25) is 4.79 Å². The Balaban J connectivity index is 1.93. The van der Waals surface area contributed by atoms with E-state index < -0.39 is 17.1 Å². The molecule has 0 radical (unpaired) electrons. The lowest BCUT2D eigenvalue weighted by Crippen LogP contribution is -2.23. The Morgan fingerprint density at radius 2 is 1.82 bits per heavy atom. The van der Waals surface area contributed by atoms with Crippen LogP contribution in [0.15, 0.2) is 53.6 Å². The van der Waals surface area contributed by atoms with Crippen molar-refractivity contribution in [2.75, 3.05) is 11.1 Å². The van der Waals surface area contributed by atoms with Gasteiger partial charge in [-0.1, -0.05) is 53.7 Å².